The fraction of sp³-hybridized carbons (Fsp3) is 0.679. The van der Waals surface area contributed by atoms with Gasteiger partial charge in [0, 0.05) is 18.0 Å². The molecule has 2 aromatic rings. The molecule has 0 bridgehead atoms. The molecule has 4 heteroatoms. The Bertz CT molecular complexity index is 715. The topological polar surface area (TPSA) is 47.9 Å². The smallest absolute Gasteiger partial charge is 0.160 e. The molecular weight excluding hydrogens is 394 g/mol. The second-order valence-corrected chi connectivity index (χ2v) is 9.49. The van der Waals surface area contributed by atoms with E-state index in [1.807, 2.05) is 12.4 Å². The number of aryl methyl sites for hydroxylation is 1. The number of nitrogens with zero attached hydrogens (tertiary/aromatic N) is 3. The Morgan fingerprint density at radius 3 is 2.12 bits per heavy atom. The van der Waals surface area contributed by atoms with Gasteiger partial charge in [-0.2, -0.15) is 0 Å². The molecule has 0 radical (unpaired) electrons. The summed E-state index contributed by atoms with van der Waals surface area (Å²) in [5.41, 5.74) is 2.25. The second kappa shape index (κ2) is 16.6. The maximum absolute atomic E-state index is 5.83. The number of ether oxygens (including phenoxy) is 1. The van der Waals surface area contributed by atoms with Gasteiger partial charge in [0.15, 0.2) is 11.6 Å². The van der Waals surface area contributed by atoms with E-state index >= 15 is 0 Å². The molecule has 0 N–H and O–H groups in total. The number of unbranched alkanes of at least 4 members (excludes halogenated alkanes) is 10. The first kappa shape index (κ1) is 26.3. The number of hydrogen-bond acceptors (Lipinski definition) is 4. The molecule has 32 heavy (non-hydrogen) atoms. The lowest BCUT2D eigenvalue weighted by atomic mass is 10.0. The summed E-state index contributed by atoms with van der Waals surface area (Å²) in [6.07, 6.45) is 25.4. The summed E-state index contributed by atoms with van der Waals surface area (Å²) in [6, 6.07) is 2.18. The molecule has 2 rings (SSSR count). The molecule has 4 nitrogen and oxygen atoms in total. The van der Waals surface area contributed by atoms with Gasteiger partial charge in [0.05, 0.1) is 19.0 Å². The van der Waals surface area contributed by atoms with E-state index in [0.717, 1.165) is 42.5 Å². The van der Waals surface area contributed by atoms with Crippen molar-refractivity contribution in [1.82, 2.24) is 15.0 Å². The summed E-state index contributed by atoms with van der Waals surface area (Å²) in [4.78, 5) is 13.4. The van der Waals surface area contributed by atoms with E-state index in [0.29, 0.717) is 0 Å². The minimum Gasteiger partial charge on any atom is -0.490 e. The molecule has 0 unspecified atom stereocenters. The molecule has 2 aromatic heterocycles. The predicted molar refractivity (Wildman–Crippen MR) is 135 cm³/mol. The molecule has 0 aliphatic carbocycles. The van der Waals surface area contributed by atoms with Crippen LogP contribution in [0.15, 0.2) is 30.9 Å². The van der Waals surface area contributed by atoms with Gasteiger partial charge >= 0.3 is 0 Å². The van der Waals surface area contributed by atoms with E-state index in [-0.39, 0.29) is 0 Å². The van der Waals surface area contributed by atoms with Gasteiger partial charge < -0.3 is 4.74 Å². The Hall–Kier alpha value is -1.97. The molecule has 0 aliphatic rings. The van der Waals surface area contributed by atoms with Gasteiger partial charge in [0.25, 0.3) is 0 Å². The lowest BCUT2D eigenvalue weighted by Crippen LogP contribution is -1.99. The number of aromatic nitrogens is 3. The van der Waals surface area contributed by atoms with Crippen LogP contribution in [0.1, 0.15) is 110 Å². The first-order chi connectivity index (χ1) is 15.7. The van der Waals surface area contributed by atoms with E-state index in [9.17, 15) is 0 Å². The van der Waals surface area contributed by atoms with Crippen LogP contribution < -0.4 is 4.74 Å². The third-order valence-electron chi connectivity index (χ3n) is 5.94. The Morgan fingerprint density at radius 2 is 1.41 bits per heavy atom. The third-order valence-corrected chi connectivity index (χ3v) is 5.94. The lowest BCUT2D eigenvalue weighted by molar-refractivity contribution is 0.302. The highest BCUT2D eigenvalue weighted by molar-refractivity contribution is 5.54. The van der Waals surface area contributed by atoms with Crippen molar-refractivity contribution >= 4 is 0 Å². The van der Waals surface area contributed by atoms with Crippen LogP contribution in [0.5, 0.6) is 5.75 Å². The van der Waals surface area contributed by atoms with Crippen molar-refractivity contribution < 1.29 is 4.74 Å². The first-order valence-electron chi connectivity index (χ1n) is 13.1. The summed E-state index contributed by atoms with van der Waals surface area (Å²) in [6.45, 7) is 7.61. The van der Waals surface area contributed by atoms with Crippen molar-refractivity contribution in [2.75, 3.05) is 6.61 Å². The standard InChI is InChI=1S/C28H45N3O/c1-4-5-6-7-11-14-17-25-19-26(21-29-20-25)28-30-22-27(23-31-28)32-18-15-12-9-8-10-13-16-24(2)3/h19-24H,4-18H2,1-3H3. The Kier molecular flexibility index (Phi) is 13.7. The molecule has 0 spiro atoms. The largest absolute Gasteiger partial charge is 0.490 e. The maximum Gasteiger partial charge on any atom is 0.160 e. The van der Waals surface area contributed by atoms with E-state index in [1.165, 1.54) is 82.6 Å². The molecule has 0 fully saturated rings. The summed E-state index contributed by atoms with van der Waals surface area (Å²) < 4.78 is 5.83. The van der Waals surface area contributed by atoms with Gasteiger partial charge in [-0.15, -0.1) is 0 Å². The number of hydrogen-bond donors (Lipinski definition) is 0. The molecule has 0 aliphatic heterocycles. The third kappa shape index (κ3) is 11.6. The Labute approximate surface area is 196 Å². The number of rotatable bonds is 18. The highest BCUT2D eigenvalue weighted by Crippen LogP contribution is 2.19. The highest BCUT2D eigenvalue weighted by atomic mass is 16.5. The zero-order chi connectivity index (χ0) is 22.9. The van der Waals surface area contributed by atoms with Crippen molar-refractivity contribution in [3.8, 4) is 17.1 Å². The van der Waals surface area contributed by atoms with Crippen molar-refractivity contribution in [2.24, 2.45) is 5.92 Å². The van der Waals surface area contributed by atoms with Crippen LogP contribution in [0.25, 0.3) is 11.4 Å². The molecule has 0 saturated carbocycles. The summed E-state index contributed by atoms with van der Waals surface area (Å²) in [7, 11) is 0. The first-order valence-corrected chi connectivity index (χ1v) is 13.1. The van der Waals surface area contributed by atoms with Crippen molar-refractivity contribution in [1.29, 1.82) is 0 Å². The Balaban J connectivity index is 1.64. The number of pyridine rings is 1. The van der Waals surface area contributed by atoms with E-state index < -0.39 is 0 Å². The molecular formula is C28H45N3O. The van der Waals surface area contributed by atoms with Crippen LogP contribution in [-0.4, -0.2) is 21.6 Å². The summed E-state index contributed by atoms with van der Waals surface area (Å²) >= 11 is 0. The predicted octanol–water partition coefficient (Wildman–Crippen LogP) is 8.21. The van der Waals surface area contributed by atoms with Crippen LogP contribution in [0, 0.1) is 5.92 Å². The normalized spacial score (nSPS) is 11.2. The fourth-order valence-corrected chi connectivity index (χ4v) is 3.95. The lowest BCUT2D eigenvalue weighted by Gasteiger charge is -2.07. The molecule has 0 aromatic carbocycles. The van der Waals surface area contributed by atoms with Crippen LogP contribution >= 0.6 is 0 Å². The highest BCUT2D eigenvalue weighted by Gasteiger charge is 2.05. The van der Waals surface area contributed by atoms with Crippen LogP contribution in [0.4, 0.5) is 0 Å². The van der Waals surface area contributed by atoms with Crippen molar-refractivity contribution in [3.63, 3.8) is 0 Å². The maximum atomic E-state index is 5.83. The van der Waals surface area contributed by atoms with Gasteiger partial charge in [0.1, 0.15) is 0 Å². The fourth-order valence-electron chi connectivity index (χ4n) is 3.95. The van der Waals surface area contributed by atoms with E-state index in [2.05, 4.69) is 41.8 Å². The molecule has 0 saturated heterocycles. The quantitative estimate of drug-likeness (QED) is 0.220. The van der Waals surface area contributed by atoms with E-state index in [1.54, 1.807) is 12.4 Å². The van der Waals surface area contributed by atoms with Gasteiger partial charge in [-0.3, -0.25) is 4.98 Å². The summed E-state index contributed by atoms with van der Waals surface area (Å²) in [5, 5.41) is 0. The minimum absolute atomic E-state index is 0.719. The van der Waals surface area contributed by atoms with E-state index in [4.69, 9.17) is 4.74 Å². The van der Waals surface area contributed by atoms with Gasteiger partial charge in [-0.05, 0) is 36.8 Å². The van der Waals surface area contributed by atoms with Crippen molar-refractivity contribution in [3.05, 3.63) is 36.4 Å². The molecule has 0 atom stereocenters. The van der Waals surface area contributed by atoms with Gasteiger partial charge in [0.2, 0.25) is 0 Å². The van der Waals surface area contributed by atoms with Gasteiger partial charge in [-0.1, -0.05) is 91.4 Å². The molecule has 2 heterocycles. The zero-order valence-corrected chi connectivity index (χ0v) is 20.8. The Morgan fingerprint density at radius 1 is 0.750 bits per heavy atom. The molecule has 0 amide bonds. The average Bonchev–Trinajstić information content (AvgIpc) is 2.80. The second-order valence-electron chi connectivity index (χ2n) is 9.49. The van der Waals surface area contributed by atoms with Crippen LogP contribution in [0.3, 0.4) is 0 Å². The summed E-state index contributed by atoms with van der Waals surface area (Å²) in [5.74, 6) is 2.31. The minimum atomic E-state index is 0.719. The monoisotopic (exact) mass is 439 g/mol. The van der Waals surface area contributed by atoms with Crippen LogP contribution in [-0.2, 0) is 6.42 Å². The molecule has 178 valence electrons. The average molecular weight is 440 g/mol. The van der Waals surface area contributed by atoms with Crippen LogP contribution in [0.2, 0.25) is 0 Å². The zero-order valence-electron chi connectivity index (χ0n) is 20.8. The van der Waals surface area contributed by atoms with Crippen molar-refractivity contribution in [2.45, 2.75) is 111 Å². The van der Waals surface area contributed by atoms with Gasteiger partial charge in [-0.25, -0.2) is 9.97 Å². The SMILES string of the molecule is CCCCCCCCc1cncc(-c2ncc(OCCCCCCCCC(C)C)cn2)c1.